The highest BCUT2D eigenvalue weighted by molar-refractivity contribution is 5.90. The fraction of sp³-hybridized carbons (Fsp3) is 0.667. The second kappa shape index (κ2) is 14.3. The summed E-state index contributed by atoms with van der Waals surface area (Å²) in [7, 11) is 0. The number of unbranched alkanes of at least 4 members (excludes halogenated alkanes) is 7. The Morgan fingerprint density at radius 3 is 1.71 bits per heavy atom. The van der Waals surface area contributed by atoms with Crippen LogP contribution in [0.1, 0.15) is 86.2 Å². The molecule has 2 nitrogen and oxygen atoms in total. The van der Waals surface area contributed by atoms with Gasteiger partial charge >= 0.3 is 41.8 Å². The van der Waals surface area contributed by atoms with E-state index in [1.165, 1.54) is 6.07 Å². The number of carbonyl (C=O) groups is 1. The van der Waals surface area contributed by atoms with Crippen LogP contribution in [0.25, 0.3) is 6.08 Å². The lowest BCUT2D eigenvalue weighted by Gasteiger charge is -2.39. The van der Waals surface area contributed by atoms with Gasteiger partial charge in [0.05, 0.1) is 12.2 Å². The van der Waals surface area contributed by atoms with E-state index in [-0.39, 0.29) is 17.7 Å². The van der Waals surface area contributed by atoms with Crippen molar-refractivity contribution < 1.29 is 66.6 Å². The minimum Gasteiger partial charge on any atom is -0.462 e. The quantitative estimate of drug-likeness (QED) is 0.0913. The van der Waals surface area contributed by atoms with Crippen LogP contribution in [0.4, 0.5) is 57.1 Å². The molecule has 0 amide bonds. The number of halogens is 13. The zero-order valence-electron chi connectivity index (χ0n) is 22.5. The molecule has 0 saturated heterocycles. The molecule has 0 N–H and O–H groups in total. The smallest absolute Gasteiger partial charge is 0.460 e. The van der Waals surface area contributed by atoms with Gasteiger partial charge in [0.25, 0.3) is 0 Å². The molecule has 0 aliphatic rings. The molecule has 0 aliphatic carbocycles. The van der Waals surface area contributed by atoms with E-state index in [0.717, 1.165) is 63.2 Å². The van der Waals surface area contributed by atoms with Gasteiger partial charge in [-0.15, -0.1) is 0 Å². The SMILES string of the molecule is C=Cc1cc(CCC(F)(F)C(F)(F)C(F)(F)C(F)(F)C(F)(F)C(F)(F)F)cc(C(=O)OCCCCCCCCCC)c1. The van der Waals surface area contributed by atoms with Gasteiger partial charge in [-0.1, -0.05) is 70.6 Å². The second-order valence-corrected chi connectivity index (χ2v) is 9.78. The zero-order chi connectivity index (χ0) is 32.6. The van der Waals surface area contributed by atoms with Gasteiger partial charge in [-0.2, -0.15) is 57.1 Å². The van der Waals surface area contributed by atoms with E-state index in [4.69, 9.17) is 4.74 Å². The monoisotopic (exact) mass is 634 g/mol. The van der Waals surface area contributed by atoms with Crippen molar-refractivity contribution in [1.82, 2.24) is 0 Å². The first-order valence-electron chi connectivity index (χ1n) is 13.0. The van der Waals surface area contributed by atoms with Crippen molar-refractivity contribution in [3.05, 3.63) is 41.5 Å². The molecule has 0 aromatic heterocycles. The standard InChI is InChI=1S/C27H31F13O2/c1-3-5-6-7-8-9-10-11-14-42-21(41)20-16-18(4-2)15-19(17-20)12-13-22(28,29)23(30,31)24(32,33)25(34,35)26(36,37)27(38,39)40/h4,15-17H,2-3,5-14H2,1H3. The minimum atomic E-state index is -7.94. The Morgan fingerprint density at radius 2 is 1.21 bits per heavy atom. The lowest BCUT2D eigenvalue weighted by Crippen LogP contribution is -2.70. The Bertz CT molecular complexity index is 1030. The van der Waals surface area contributed by atoms with Crippen LogP contribution in [0.2, 0.25) is 0 Å². The molecule has 0 heterocycles. The average Bonchev–Trinajstić information content (AvgIpc) is 2.89. The van der Waals surface area contributed by atoms with Gasteiger partial charge in [-0.25, -0.2) is 4.79 Å². The number of rotatable bonds is 18. The van der Waals surface area contributed by atoms with Gasteiger partial charge in [0.1, 0.15) is 0 Å². The van der Waals surface area contributed by atoms with Gasteiger partial charge in [-0.3, -0.25) is 0 Å². The third kappa shape index (κ3) is 8.33. The fourth-order valence-corrected chi connectivity index (χ4v) is 3.84. The first kappa shape index (κ1) is 37.5. The summed E-state index contributed by atoms with van der Waals surface area (Å²) >= 11 is 0. The van der Waals surface area contributed by atoms with Crippen LogP contribution < -0.4 is 0 Å². The van der Waals surface area contributed by atoms with E-state index in [9.17, 15) is 61.9 Å². The first-order valence-corrected chi connectivity index (χ1v) is 13.0. The highest BCUT2D eigenvalue weighted by atomic mass is 19.4. The first-order chi connectivity index (χ1) is 19.1. The molecule has 0 aliphatic heterocycles. The summed E-state index contributed by atoms with van der Waals surface area (Å²) in [6.07, 6.45) is -2.51. The topological polar surface area (TPSA) is 26.3 Å². The van der Waals surface area contributed by atoms with Gasteiger partial charge in [-0.05, 0) is 36.1 Å². The molecular formula is C27H31F13O2. The van der Waals surface area contributed by atoms with E-state index in [1.54, 1.807) is 0 Å². The van der Waals surface area contributed by atoms with E-state index in [0.29, 0.717) is 6.42 Å². The lowest BCUT2D eigenvalue weighted by atomic mass is 9.90. The van der Waals surface area contributed by atoms with Crippen molar-refractivity contribution in [2.45, 2.75) is 107 Å². The average molecular weight is 635 g/mol. The second-order valence-electron chi connectivity index (χ2n) is 9.78. The number of ether oxygens (including phenoxy) is 1. The summed E-state index contributed by atoms with van der Waals surface area (Å²) in [6, 6.07) is 3.04. The van der Waals surface area contributed by atoms with Crippen LogP contribution in [-0.4, -0.2) is 48.4 Å². The van der Waals surface area contributed by atoms with E-state index in [2.05, 4.69) is 13.5 Å². The maximum Gasteiger partial charge on any atom is 0.460 e. The molecule has 1 aromatic carbocycles. The molecular weight excluding hydrogens is 603 g/mol. The number of esters is 1. The summed E-state index contributed by atoms with van der Waals surface area (Å²) in [5, 5.41) is 0. The summed E-state index contributed by atoms with van der Waals surface area (Å²) in [5.41, 5.74) is -0.611. The van der Waals surface area contributed by atoms with Gasteiger partial charge in [0.2, 0.25) is 0 Å². The van der Waals surface area contributed by atoms with Crippen molar-refractivity contribution in [3.63, 3.8) is 0 Å². The van der Waals surface area contributed by atoms with Gasteiger partial charge < -0.3 is 4.74 Å². The Labute approximate surface area is 234 Å². The highest BCUT2D eigenvalue weighted by Crippen LogP contribution is 2.60. The predicted octanol–water partition coefficient (Wildman–Crippen LogP) is 10.3. The molecule has 242 valence electrons. The van der Waals surface area contributed by atoms with Gasteiger partial charge in [0.15, 0.2) is 0 Å². The third-order valence-electron chi connectivity index (χ3n) is 6.44. The third-order valence-corrected chi connectivity index (χ3v) is 6.44. The normalized spacial score (nSPS) is 13.8. The van der Waals surface area contributed by atoms with Crippen molar-refractivity contribution in [2.24, 2.45) is 0 Å². The van der Waals surface area contributed by atoms with Gasteiger partial charge in [0, 0.05) is 6.42 Å². The summed E-state index contributed by atoms with van der Waals surface area (Å²) in [4.78, 5) is 12.4. The van der Waals surface area contributed by atoms with Crippen LogP contribution in [0, 0.1) is 0 Å². The van der Waals surface area contributed by atoms with Crippen molar-refractivity contribution in [3.8, 4) is 0 Å². The van der Waals surface area contributed by atoms with Crippen molar-refractivity contribution in [2.75, 3.05) is 6.61 Å². The number of hydrogen-bond acceptors (Lipinski definition) is 2. The van der Waals surface area contributed by atoms with Crippen LogP contribution in [0.3, 0.4) is 0 Å². The molecule has 0 saturated carbocycles. The Kier molecular flexibility index (Phi) is 12.8. The molecule has 0 bridgehead atoms. The molecule has 1 rings (SSSR count). The van der Waals surface area contributed by atoms with Crippen LogP contribution >= 0.6 is 0 Å². The molecule has 0 fully saturated rings. The fourth-order valence-electron chi connectivity index (χ4n) is 3.84. The minimum absolute atomic E-state index is 0.0163. The maximum atomic E-state index is 14.2. The molecule has 0 spiro atoms. The molecule has 15 heteroatoms. The van der Waals surface area contributed by atoms with Crippen molar-refractivity contribution in [1.29, 1.82) is 0 Å². The summed E-state index contributed by atoms with van der Waals surface area (Å²) in [6.45, 7) is 5.45. The predicted molar refractivity (Wildman–Crippen MR) is 129 cm³/mol. The lowest BCUT2D eigenvalue weighted by molar-refractivity contribution is -0.440. The summed E-state index contributed by atoms with van der Waals surface area (Å²) in [5.74, 6) is -38.1. The van der Waals surface area contributed by atoms with E-state index >= 15 is 0 Å². The van der Waals surface area contributed by atoms with E-state index < -0.39 is 60.2 Å². The van der Waals surface area contributed by atoms with E-state index in [1.807, 2.05) is 0 Å². The number of carbonyl (C=O) groups excluding carboxylic acids is 1. The zero-order valence-corrected chi connectivity index (χ0v) is 22.5. The van der Waals surface area contributed by atoms with Crippen LogP contribution in [0.15, 0.2) is 24.8 Å². The van der Waals surface area contributed by atoms with Crippen LogP contribution in [0.5, 0.6) is 0 Å². The number of aryl methyl sites for hydroxylation is 1. The molecule has 0 radical (unpaired) electrons. The number of alkyl halides is 13. The molecule has 0 atom stereocenters. The highest BCUT2D eigenvalue weighted by Gasteiger charge is 2.90. The Morgan fingerprint density at radius 1 is 0.714 bits per heavy atom. The molecule has 42 heavy (non-hydrogen) atoms. The summed E-state index contributed by atoms with van der Waals surface area (Å²) < 4.78 is 179. The molecule has 1 aromatic rings. The Hall–Kier alpha value is -2.48. The maximum absolute atomic E-state index is 14.2. The number of hydrogen-bond donors (Lipinski definition) is 0. The number of benzene rings is 1. The van der Waals surface area contributed by atoms with Crippen LogP contribution in [-0.2, 0) is 11.2 Å². The Balaban J connectivity index is 2.98. The van der Waals surface area contributed by atoms with Crippen molar-refractivity contribution >= 4 is 12.0 Å². The largest absolute Gasteiger partial charge is 0.462 e. The molecule has 0 unspecified atom stereocenters.